The van der Waals surface area contributed by atoms with Crippen LogP contribution < -0.4 is 5.32 Å². The molecule has 2 N–H and O–H groups in total. The Balaban J connectivity index is 1.98. The van der Waals surface area contributed by atoms with Crippen LogP contribution in [-0.4, -0.2) is 35.2 Å². The van der Waals surface area contributed by atoms with Gasteiger partial charge in [-0.25, -0.2) is 0 Å². The number of aliphatic carboxylic acids is 1. The van der Waals surface area contributed by atoms with Crippen LogP contribution in [0.15, 0.2) is 0 Å². The summed E-state index contributed by atoms with van der Waals surface area (Å²) in [7, 11) is 0. The van der Waals surface area contributed by atoms with Gasteiger partial charge in [-0.05, 0) is 18.6 Å². The zero-order valence-corrected chi connectivity index (χ0v) is 7.19. The van der Waals surface area contributed by atoms with Gasteiger partial charge in [0.1, 0.15) is 0 Å². The van der Waals surface area contributed by atoms with Crippen LogP contribution in [0.5, 0.6) is 0 Å². The Morgan fingerprint density at radius 2 is 2.55 bits per heavy atom. The first-order valence-corrected chi connectivity index (χ1v) is 4.88. The molecular formula is C7H13NO2S. The summed E-state index contributed by atoms with van der Waals surface area (Å²) in [5.41, 5.74) is 0. The molecule has 1 aliphatic rings. The Hall–Kier alpha value is -0.220. The lowest BCUT2D eigenvalue weighted by Gasteiger charge is -2.07. The third-order valence-electron chi connectivity index (χ3n) is 1.67. The van der Waals surface area contributed by atoms with Crippen LogP contribution in [0.4, 0.5) is 0 Å². The summed E-state index contributed by atoms with van der Waals surface area (Å²) in [6, 6.07) is 0. The SMILES string of the molecule is O=C(O)CNCC1CCCS1. The van der Waals surface area contributed by atoms with E-state index in [9.17, 15) is 4.79 Å². The van der Waals surface area contributed by atoms with Crippen LogP contribution in [-0.2, 0) is 4.79 Å². The van der Waals surface area contributed by atoms with Gasteiger partial charge in [-0.3, -0.25) is 4.79 Å². The van der Waals surface area contributed by atoms with Crippen molar-refractivity contribution in [3.05, 3.63) is 0 Å². The number of carboxylic acid groups (broad SMARTS) is 1. The highest BCUT2D eigenvalue weighted by Crippen LogP contribution is 2.24. The maximum Gasteiger partial charge on any atom is 0.317 e. The Bertz CT molecular complexity index is 134. The van der Waals surface area contributed by atoms with Crippen molar-refractivity contribution in [3.8, 4) is 0 Å². The lowest BCUT2D eigenvalue weighted by atomic mass is 10.2. The van der Waals surface area contributed by atoms with E-state index in [0.29, 0.717) is 5.25 Å². The molecule has 1 aliphatic heterocycles. The second-order valence-corrected chi connectivity index (χ2v) is 4.07. The number of carbonyl (C=O) groups is 1. The Labute approximate surface area is 70.6 Å². The molecule has 4 heteroatoms. The maximum atomic E-state index is 10.1. The van der Waals surface area contributed by atoms with Gasteiger partial charge in [0.15, 0.2) is 0 Å². The standard InChI is InChI=1S/C7H13NO2S/c9-7(10)5-8-4-6-2-1-3-11-6/h6,8H,1-5H2,(H,9,10). The van der Waals surface area contributed by atoms with Crippen molar-refractivity contribution >= 4 is 17.7 Å². The number of carboxylic acids is 1. The van der Waals surface area contributed by atoms with Crippen molar-refractivity contribution in [2.75, 3.05) is 18.8 Å². The highest BCUT2D eigenvalue weighted by molar-refractivity contribution is 8.00. The van der Waals surface area contributed by atoms with Crippen LogP contribution >= 0.6 is 11.8 Å². The molecule has 1 unspecified atom stereocenters. The number of thioether (sulfide) groups is 1. The third kappa shape index (κ3) is 3.62. The summed E-state index contributed by atoms with van der Waals surface area (Å²) < 4.78 is 0. The molecule has 0 aromatic carbocycles. The minimum Gasteiger partial charge on any atom is -0.480 e. The molecule has 1 atom stereocenters. The van der Waals surface area contributed by atoms with E-state index in [1.807, 2.05) is 11.8 Å². The Morgan fingerprint density at radius 3 is 3.09 bits per heavy atom. The molecule has 0 aromatic heterocycles. The molecule has 0 spiro atoms. The van der Waals surface area contributed by atoms with Gasteiger partial charge in [0.2, 0.25) is 0 Å². The summed E-state index contributed by atoms with van der Waals surface area (Å²) >= 11 is 1.94. The highest BCUT2D eigenvalue weighted by Gasteiger charge is 2.14. The molecule has 0 amide bonds. The van der Waals surface area contributed by atoms with Crippen LogP contribution in [0.2, 0.25) is 0 Å². The number of hydrogen-bond donors (Lipinski definition) is 2. The van der Waals surface area contributed by atoms with Crippen LogP contribution in [0.3, 0.4) is 0 Å². The summed E-state index contributed by atoms with van der Waals surface area (Å²) in [6.45, 7) is 0.939. The minimum atomic E-state index is -0.770. The van der Waals surface area contributed by atoms with E-state index in [0.717, 1.165) is 6.54 Å². The van der Waals surface area contributed by atoms with E-state index in [-0.39, 0.29) is 6.54 Å². The van der Waals surface area contributed by atoms with Gasteiger partial charge >= 0.3 is 5.97 Å². The minimum absolute atomic E-state index is 0.0943. The van der Waals surface area contributed by atoms with Gasteiger partial charge < -0.3 is 10.4 Å². The predicted octanol–water partition coefficient (Wildman–Crippen LogP) is 0.556. The lowest BCUT2D eigenvalue weighted by Crippen LogP contribution is -2.28. The van der Waals surface area contributed by atoms with Gasteiger partial charge in [-0.1, -0.05) is 0 Å². The molecule has 1 heterocycles. The van der Waals surface area contributed by atoms with Crippen molar-refractivity contribution in [1.82, 2.24) is 5.32 Å². The molecule has 64 valence electrons. The fraction of sp³-hybridized carbons (Fsp3) is 0.857. The average Bonchev–Trinajstić information content (AvgIpc) is 2.39. The summed E-state index contributed by atoms with van der Waals surface area (Å²) in [5, 5.41) is 11.9. The summed E-state index contributed by atoms with van der Waals surface area (Å²) in [6.07, 6.45) is 2.52. The summed E-state index contributed by atoms with van der Waals surface area (Å²) in [4.78, 5) is 10.1. The van der Waals surface area contributed by atoms with Crippen molar-refractivity contribution in [2.45, 2.75) is 18.1 Å². The first kappa shape index (κ1) is 8.87. The van der Waals surface area contributed by atoms with Gasteiger partial charge in [-0.2, -0.15) is 11.8 Å². The van der Waals surface area contributed by atoms with Crippen molar-refractivity contribution < 1.29 is 9.90 Å². The van der Waals surface area contributed by atoms with Gasteiger partial charge in [0.25, 0.3) is 0 Å². The molecule has 0 aromatic rings. The quantitative estimate of drug-likeness (QED) is 0.655. The highest BCUT2D eigenvalue weighted by atomic mass is 32.2. The maximum absolute atomic E-state index is 10.1. The second kappa shape index (κ2) is 4.62. The molecule has 0 bridgehead atoms. The first-order chi connectivity index (χ1) is 5.29. The smallest absolute Gasteiger partial charge is 0.317 e. The first-order valence-electron chi connectivity index (χ1n) is 3.83. The zero-order chi connectivity index (χ0) is 8.10. The monoisotopic (exact) mass is 175 g/mol. The van der Waals surface area contributed by atoms with Crippen molar-refractivity contribution in [3.63, 3.8) is 0 Å². The molecule has 1 saturated heterocycles. The van der Waals surface area contributed by atoms with E-state index in [1.54, 1.807) is 0 Å². The van der Waals surface area contributed by atoms with E-state index < -0.39 is 5.97 Å². The molecule has 1 fully saturated rings. The molecule has 3 nitrogen and oxygen atoms in total. The molecular weight excluding hydrogens is 162 g/mol. The second-order valence-electron chi connectivity index (χ2n) is 2.66. The number of nitrogens with one attached hydrogen (secondary N) is 1. The topological polar surface area (TPSA) is 49.3 Å². The third-order valence-corrected chi connectivity index (χ3v) is 3.07. The molecule has 1 rings (SSSR count). The van der Waals surface area contributed by atoms with Crippen LogP contribution in [0.25, 0.3) is 0 Å². The molecule has 0 aliphatic carbocycles. The lowest BCUT2D eigenvalue weighted by molar-refractivity contribution is -0.135. The van der Waals surface area contributed by atoms with Gasteiger partial charge in [-0.15, -0.1) is 0 Å². The normalized spacial score (nSPS) is 23.8. The van der Waals surface area contributed by atoms with E-state index in [1.165, 1.54) is 18.6 Å². The average molecular weight is 175 g/mol. The van der Waals surface area contributed by atoms with Crippen LogP contribution in [0.1, 0.15) is 12.8 Å². The van der Waals surface area contributed by atoms with Gasteiger partial charge in [0, 0.05) is 11.8 Å². The van der Waals surface area contributed by atoms with E-state index in [2.05, 4.69) is 5.32 Å². The summed E-state index contributed by atoms with van der Waals surface area (Å²) in [5.74, 6) is 0.465. The largest absolute Gasteiger partial charge is 0.480 e. The zero-order valence-electron chi connectivity index (χ0n) is 6.38. The molecule has 0 saturated carbocycles. The van der Waals surface area contributed by atoms with Crippen LogP contribution in [0, 0.1) is 0 Å². The van der Waals surface area contributed by atoms with Crippen molar-refractivity contribution in [1.29, 1.82) is 0 Å². The Morgan fingerprint density at radius 1 is 1.73 bits per heavy atom. The number of rotatable bonds is 4. The fourth-order valence-electron chi connectivity index (χ4n) is 1.15. The fourth-order valence-corrected chi connectivity index (χ4v) is 2.38. The number of hydrogen-bond acceptors (Lipinski definition) is 3. The van der Waals surface area contributed by atoms with Gasteiger partial charge in [0.05, 0.1) is 6.54 Å². The molecule has 0 radical (unpaired) electrons. The predicted molar refractivity (Wildman–Crippen MR) is 46.0 cm³/mol. The molecule has 11 heavy (non-hydrogen) atoms. The van der Waals surface area contributed by atoms with Crippen molar-refractivity contribution in [2.24, 2.45) is 0 Å². The van der Waals surface area contributed by atoms with E-state index in [4.69, 9.17) is 5.11 Å². The Kier molecular flexibility index (Phi) is 3.72. The van der Waals surface area contributed by atoms with E-state index >= 15 is 0 Å².